The van der Waals surface area contributed by atoms with Crippen LogP contribution in [0.15, 0.2) is 24.3 Å². The van der Waals surface area contributed by atoms with Gasteiger partial charge in [-0.2, -0.15) is 0 Å². The van der Waals surface area contributed by atoms with E-state index in [4.69, 9.17) is 17.3 Å². The molecule has 2 N–H and O–H groups in total. The quantitative estimate of drug-likeness (QED) is 0.773. The van der Waals surface area contributed by atoms with Gasteiger partial charge in [0.1, 0.15) is 5.69 Å². The molecule has 3 rings (SSSR count). The number of carbonyl (C=O) groups is 2. The third-order valence-corrected chi connectivity index (χ3v) is 5.04. The summed E-state index contributed by atoms with van der Waals surface area (Å²) in [7, 11) is 0. The number of hydrogen-bond donors (Lipinski definition) is 2. The van der Waals surface area contributed by atoms with Crippen LogP contribution >= 0.6 is 23.6 Å². The van der Waals surface area contributed by atoms with E-state index in [0.717, 1.165) is 5.22 Å². The Morgan fingerprint density at radius 2 is 2.20 bits per heavy atom. The standard InChI is InChI=1S/C17H14N2O4S2/c20-12-4-1-3-10-6-7-11(18-15(10)12)9-13-16(23)19(17(24)25-13)8-2-5-14(21)22/h1,3-4,6-7,9,23H,2,5,8H2,(H,21,22). The molecule has 2 heterocycles. The van der Waals surface area contributed by atoms with E-state index >= 15 is 0 Å². The van der Waals surface area contributed by atoms with Crippen molar-refractivity contribution in [3.63, 3.8) is 0 Å². The van der Waals surface area contributed by atoms with Gasteiger partial charge in [-0.05, 0) is 36.9 Å². The highest BCUT2D eigenvalue weighted by molar-refractivity contribution is 7.73. The van der Waals surface area contributed by atoms with E-state index in [0.29, 0.717) is 32.8 Å². The minimum atomic E-state index is -0.887. The van der Waals surface area contributed by atoms with Gasteiger partial charge in [-0.25, -0.2) is 4.98 Å². The number of nitrogens with zero attached hydrogens (tertiary/aromatic N) is 2. The Labute approximate surface area is 151 Å². The lowest BCUT2D eigenvalue weighted by molar-refractivity contribution is -0.137. The predicted octanol–water partition coefficient (Wildman–Crippen LogP) is 1.61. The zero-order valence-electron chi connectivity index (χ0n) is 13.0. The third kappa shape index (κ3) is 3.75. The number of carboxylic acid groups (broad SMARTS) is 1. The Hall–Kier alpha value is -2.58. The fourth-order valence-electron chi connectivity index (χ4n) is 2.44. The number of thiazole rings is 1. The molecule has 0 saturated heterocycles. The normalized spacial score (nSPS) is 13.6. The van der Waals surface area contributed by atoms with Crippen LogP contribution in [-0.2, 0) is 11.3 Å². The maximum Gasteiger partial charge on any atom is 0.303 e. The molecule has 1 aliphatic rings. The molecule has 1 aliphatic carbocycles. The van der Waals surface area contributed by atoms with Crippen molar-refractivity contribution >= 4 is 47.5 Å². The zero-order valence-corrected chi connectivity index (χ0v) is 14.6. The molecular weight excluding hydrogens is 360 g/mol. The monoisotopic (exact) mass is 374 g/mol. The van der Waals surface area contributed by atoms with Crippen molar-refractivity contribution in [2.75, 3.05) is 0 Å². The van der Waals surface area contributed by atoms with E-state index in [1.165, 1.54) is 22.0 Å². The lowest BCUT2D eigenvalue weighted by atomic mass is 10.1. The van der Waals surface area contributed by atoms with Crippen molar-refractivity contribution in [3.05, 3.63) is 49.4 Å². The average Bonchev–Trinajstić information content (AvgIpc) is 2.83. The lowest BCUT2D eigenvalue weighted by Gasteiger charge is -2.03. The number of rotatable bonds is 5. The Balaban J connectivity index is 1.95. The van der Waals surface area contributed by atoms with Gasteiger partial charge < -0.3 is 10.2 Å². The fraction of sp³-hybridized carbons (Fsp3) is 0.176. The van der Waals surface area contributed by atoms with Crippen LogP contribution in [-0.4, -0.2) is 31.5 Å². The molecule has 0 amide bonds. The predicted molar refractivity (Wildman–Crippen MR) is 96.7 cm³/mol. The Kier molecular flexibility index (Phi) is 4.91. The molecule has 25 heavy (non-hydrogen) atoms. The van der Waals surface area contributed by atoms with Crippen LogP contribution in [0, 0.1) is 3.95 Å². The third-order valence-electron chi connectivity index (χ3n) is 3.65. The van der Waals surface area contributed by atoms with Crippen LogP contribution < -0.4 is 10.6 Å². The number of allylic oxidation sites excluding steroid dienone is 2. The van der Waals surface area contributed by atoms with Crippen LogP contribution in [0.4, 0.5) is 0 Å². The number of carboxylic acids is 1. The van der Waals surface area contributed by atoms with E-state index in [1.807, 2.05) is 6.08 Å². The van der Waals surface area contributed by atoms with Gasteiger partial charge in [0.25, 0.3) is 0 Å². The molecule has 0 aliphatic heterocycles. The Bertz CT molecular complexity index is 1060. The van der Waals surface area contributed by atoms with Gasteiger partial charge in [0.05, 0.1) is 10.2 Å². The topological polar surface area (TPSA) is 92.4 Å². The molecule has 6 nitrogen and oxygen atoms in total. The maximum atomic E-state index is 11.9. The molecule has 0 fully saturated rings. The highest BCUT2D eigenvalue weighted by Crippen LogP contribution is 2.27. The van der Waals surface area contributed by atoms with Crippen LogP contribution in [0.3, 0.4) is 0 Å². The second-order valence-corrected chi connectivity index (χ2v) is 7.09. The summed E-state index contributed by atoms with van der Waals surface area (Å²) in [4.78, 5) is 27.4. The van der Waals surface area contributed by atoms with Crippen molar-refractivity contribution in [1.82, 2.24) is 9.55 Å². The molecule has 0 aromatic carbocycles. The average molecular weight is 374 g/mol. The summed E-state index contributed by atoms with van der Waals surface area (Å²) >= 11 is 6.45. The summed E-state index contributed by atoms with van der Waals surface area (Å²) in [5, 5.41) is 20.3. The molecule has 0 atom stereocenters. The number of pyridine rings is 1. The molecule has 0 radical (unpaired) electrons. The molecule has 0 spiro atoms. The summed E-state index contributed by atoms with van der Waals surface area (Å²) in [6, 6.07) is 3.56. The Morgan fingerprint density at radius 1 is 1.40 bits per heavy atom. The van der Waals surface area contributed by atoms with Crippen LogP contribution in [0.5, 0.6) is 5.88 Å². The fourth-order valence-corrected chi connectivity index (χ4v) is 3.75. The first kappa shape index (κ1) is 17.2. The van der Waals surface area contributed by atoms with Gasteiger partial charge in [-0.3, -0.25) is 14.2 Å². The van der Waals surface area contributed by atoms with E-state index in [9.17, 15) is 14.7 Å². The number of fused-ring (bicyclic) bond motifs is 1. The smallest absolute Gasteiger partial charge is 0.303 e. The van der Waals surface area contributed by atoms with Crippen molar-refractivity contribution in [2.24, 2.45) is 0 Å². The van der Waals surface area contributed by atoms with Gasteiger partial charge in [-0.15, -0.1) is 11.3 Å². The maximum absolute atomic E-state index is 11.9. The molecule has 0 unspecified atom stereocenters. The van der Waals surface area contributed by atoms with E-state index in [-0.39, 0.29) is 18.1 Å². The summed E-state index contributed by atoms with van der Waals surface area (Å²) in [6.45, 7) is 0.331. The summed E-state index contributed by atoms with van der Waals surface area (Å²) in [5.74, 6) is -1.06. The number of ketones is 1. The molecule has 8 heteroatoms. The molecular formula is C17H14N2O4S2. The van der Waals surface area contributed by atoms with Crippen molar-refractivity contribution in [3.8, 4) is 5.88 Å². The molecule has 2 aromatic heterocycles. The molecule has 2 aromatic rings. The summed E-state index contributed by atoms with van der Waals surface area (Å²) < 4.78 is 1.97. The second kappa shape index (κ2) is 7.12. The Morgan fingerprint density at radius 3 is 2.96 bits per heavy atom. The minimum absolute atomic E-state index is 0.00855. The van der Waals surface area contributed by atoms with E-state index in [2.05, 4.69) is 4.98 Å². The van der Waals surface area contributed by atoms with Crippen molar-refractivity contribution < 1.29 is 19.8 Å². The first-order valence-electron chi connectivity index (χ1n) is 7.51. The molecule has 0 saturated carbocycles. The van der Waals surface area contributed by atoms with Gasteiger partial charge in [0.15, 0.2) is 3.95 Å². The summed E-state index contributed by atoms with van der Waals surface area (Å²) in [5.41, 5.74) is 0.375. The first-order valence-corrected chi connectivity index (χ1v) is 8.74. The SMILES string of the molecule is O=C(O)CCCn1c(O)c(C=c2ccc3c(n2)C(=O)C=CC=3)sc1=S. The number of aromatic nitrogens is 2. The highest BCUT2D eigenvalue weighted by atomic mass is 32.1. The molecule has 128 valence electrons. The van der Waals surface area contributed by atoms with Gasteiger partial charge in [-0.1, -0.05) is 18.2 Å². The molecule has 0 bridgehead atoms. The second-order valence-electron chi connectivity index (χ2n) is 5.41. The lowest BCUT2D eigenvalue weighted by Crippen LogP contribution is -2.24. The van der Waals surface area contributed by atoms with Gasteiger partial charge in [0, 0.05) is 18.2 Å². The van der Waals surface area contributed by atoms with Crippen LogP contribution in [0.1, 0.15) is 28.2 Å². The zero-order chi connectivity index (χ0) is 18.0. The summed E-state index contributed by atoms with van der Waals surface area (Å²) in [6.07, 6.45) is 7.00. The number of carbonyl (C=O) groups excluding carboxylic acids is 1. The van der Waals surface area contributed by atoms with Crippen molar-refractivity contribution in [2.45, 2.75) is 19.4 Å². The number of aromatic hydroxyl groups is 1. The van der Waals surface area contributed by atoms with Crippen molar-refractivity contribution in [1.29, 1.82) is 0 Å². The van der Waals surface area contributed by atoms with E-state index in [1.54, 1.807) is 24.3 Å². The van der Waals surface area contributed by atoms with Crippen LogP contribution in [0.2, 0.25) is 0 Å². The van der Waals surface area contributed by atoms with Crippen LogP contribution in [0.25, 0.3) is 12.2 Å². The largest absolute Gasteiger partial charge is 0.493 e. The van der Waals surface area contributed by atoms with Gasteiger partial charge >= 0.3 is 5.97 Å². The number of hydrogen-bond acceptors (Lipinski definition) is 6. The van der Waals surface area contributed by atoms with Gasteiger partial charge in [0.2, 0.25) is 11.7 Å². The number of aliphatic carboxylic acids is 1. The minimum Gasteiger partial charge on any atom is -0.493 e. The highest BCUT2D eigenvalue weighted by Gasteiger charge is 2.12. The van der Waals surface area contributed by atoms with E-state index < -0.39 is 5.97 Å². The first-order chi connectivity index (χ1) is 12.0.